The molecule has 0 unspecified atom stereocenters. The van der Waals surface area contributed by atoms with Gasteiger partial charge in [-0.2, -0.15) is 0 Å². The molecule has 0 atom stereocenters. The number of nitrogens with one attached hydrogen (secondary N) is 1. The van der Waals surface area contributed by atoms with Gasteiger partial charge >= 0.3 is 0 Å². The third-order valence-electron chi connectivity index (χ3n) is 8.24. The van der Waals surface area contributed by atoms with E-state index in [2.05, 4.69) is 135 Å². The Morgan fingerprint density at radius 1 is 0.647 bits per heavy atom. The monoisotopic (exact) mass is 716 g/mol. The highest BCUT2D eigenvalue weighted by atomic mass is 32.2. The lowest BCUT2D eigenvalue weighted by Gasteiger charge is -2.47. The number of pyridine rings is 1. The van der Waals surface area contributed by atoms with Gasteiger partial charge in [0, 0.05) is 96.0 Å². The molecule has 0 saturated heterocycles. The second kappa shape index (κ2) is 20.2. The summed E-state index contributed by atoms with van der Waals surface area (Å²) < 4.78 is 5.26. The standard InChI is InChI=1S/C44H53N4OPS/c1-33(2)47(34(3)4)50(48(35(5)6)36(7)8)31-30-46-44(49)42-21-17-39(18-22-42)15-13-37-9-11-38(12-10-37)14-16-40-19-23-43(24-20-40)51-32-27-41-25-28-45-29-26-41/h9-12,17-26,28-29,33-36H,27,30-32H2,1-8H3,(H,46,49). The Hall–Kier alpha value is -3.90. The van der Waals surface area contributed by atoms with Gasteiger partial charge in [-0.3, -0.25) is 19.1 Å². The number of carbonyl (C=O) groups excluding carboxylic acids is 1. The predicted molar refractivity (Wildman–Crippen MR) is 218 cm³/mol. The summed E-state index contributed by atoms with van der Waals surface area (Å²) in [6, 6.07) is 29.8. The summed E-state index contributed by atoms with van der Waals surface area (Å²) in [4.78, 5) is 18.4. The third-order valence-corrected chi connectivity index (χ3v) is 12.8. The van der Waals surface area contributed by atoms with E-state index in [1.165, 1.54) is 10.5 Å². The number of nitrogens with zero attached hydrogens (tertiary/aromatic N) is 3. The fourth-order valence-corrected chi connectivity index (χ4v) is 10.1. The van der Waals surface area contributed by atoms with Crippen LogP contribution in [0.3, 0.4) is 0 Å². The molecule has 0 fully saturated rings. The fourth-order valence-electron chi connectivity index (χ4n) is 6.08. The average Bonchev–Trinajstić information content (AvgIpc) is 3.11. The molecule has 5 nitrogen and oxygen atoms in total. The highest BCUT2D eigenvalue weighted by Gasteiger charge is 2.32. The summed E-state index contributed by atoms with van der Waals surface area (Å²) in [5.74, 6) is 14.0. The topological polar surface area (TPSA) is 48.5 Å². The molecular formula is C44H53N4OPS. The summed E-state index contributed by atoms with van der Waals surface area (Å²) in [5, 5.41) is 3.19. The highest BCUT2D eigenvalue weighted by molar-refractivity contribution is 7.99. The highest BCUT2D eigenvalue weighted by Crippen LogP contribution is 2.49. The molecule has 0 aliphatic carbocycles. The Bertz CT molecular complexity index is 1750. The number of rotatable bonds is 14. The summed E-state index contributed by atoms with van der Waals surface area (Å²) in [7, 11) is -0.577. The molecule has 1 heterocycles. The van der Waals surface area contributed by atoms with Crippen LogP contribution in [-0.4, -0.2) is 62.9 Å². The van der Waals surface area contributed by atoms with E-state index in [-0.39, 0.29) is 5.91 Å². The maximum Gasteiger partial charge on any atom is 0.251 e. The van der Waals surface area contributed by atoms with Gasteiger partial charge in [-0.25, -0.2) is 0 Å². The van der Waals surface area contributed by atoms with E-state index in [9.17, 15) is 4.79 Å². The van der Waals surface area contributed by atoms with Crippen molar-refractivity contribution in [1.29, 1.82) is 0 Å². The van der Waals surface area contributed by atoms with Crippen LogP contribution >= 0.6 is 20.0 Å². The second-order valence-electron chi connectivity index (χ2n) is 13.6. The van der Waals surface area contributed by atoms with Crippen LogP contribution < -0.4 is 5.32 Å². The van der Waals surface area contributed by atoms with Crippen LogP contribution in [-0.2, 0) is 6.42 Å². The molecule has 0 aliphatic rings. The predicted octanol–water partition coefficient (Wildman–Crippen LogP) is 9.50. The largest absolute Gasteiger partial charge is 0.352 e. The molecule has 51 heavy (non-hydrogen) atoms. The van der Waals surface area contributed by atoms with Crippen molar-refractivity contribution in [2.75, 3.05) is 18.5 Å². The van der Waals surface area contributed by atoms with Crippen molar-refractivity contribution >= 4 is 25.9 Å². The lowest BCUT2D eigenvalue weighted by atomic mass is 10.1. The molecule has 1 aromatic heterocycles. The zero-order valence-electron chi connectivity index (χ0n) is 31.5. The van der Waals surface area contributed by atoms with Gasteiger partial charge in [-0.1, -0.05) is 23.7 Å². The molecule has 0 aliphatic heterocycles. The van der Waals surface area contributed by atoms with Gasteiger partial charge in [-0.15, -0.1) is 11.8 Å². The first-order valence-electron chi connectivity index (χ1n) is 18.0. The van der Waals surface area contributed by atoms with Crippen LogP contribution in [0.15, 0.2) is 102 Å². The molecule has 0 spiro atoms. The van der Waals surface area contributed by atoms with E-state index in [4.69, 9.17) is 0 Å². The Morgan fingerprint density at radius 2 is 1.06 bits per heavy atom. The van der Waals surface area contributed by atoms with E-state index in [1.54, 1.807) is 0 Å². The van der Waals surface area contributed by atoms with Gasteiger partial charge < -0.3 is 5.32 Å². The molecular weight excluding hydrogens is 664 g/mol. The molecule has 3 aromatic carbocycles. The van der Waals surface area contributed by atoms with Crippen molar-refractivity contribution < 1.29 is 4.79 Å². The third kappa shape index (κ3) is 12.7. The first kappa shape index (κ1) is 39.9. The quantitative estimate of drug-likeness (QED) is 0.0801. The summed E-state index contributed by atoms with van der Waals surface area (Å²) in [5.41, 5.74) is 5.68. The average molecular weight is 717 g/mol. The van der Waals surface area contributed by atoms with E-state index < -0.39 is 8.22 Å². The van der Waals surface area contributed by atoms with Crippen molar-refractivity contribution in [3.8, 4) is 23.7 Å². The van der Waals surface area contributed by atoms with Crippen molar-refractivity contribution in [1.82, 2.24) is 19.6 Å². The van der Waals surface area contributed by atoms with Crippen molar-refractivity contribution in [3.05, 3.63) is 131 Å². The smallest absolute Gasteiger partial charge is 0.251 e. The molecule has 1 amide bonds. The molecule has 0 radical (unpaired) electrons. The minimum Gasteiger partial charge on any atom is -0.352 e. The van der Waals surface area contributed by atoms with Crippen molar-refractivity contribution in [2.24, 2.45) is 0 Å². The van der Waals surface area contributed by atoms with Gasteiger partial charge in [0.05, 0.1) is 0 Å². The lowest BCUT2D eigenvalue weighted by Crippen LogP contribution is -2.44. The number of carbonyl (C=O) groups is 1. The van der Waals surface area contributed by atoms with E-state index in [0.29, 0.717) is 36.3 Å². The molecule has 4 aromatic rings. The summed E-state index contributed by atoms with van der Waals surface area (Å²) in [6.45, 7) is 18.8. The first-order chi connectivity index (χ1) is 24.5. The Labute approximate surface area is 312 Å². The fraction of sp³-hybridized carbons (Fsp3) is 0.364. The number of aryl methyl sites for hydroxylation is 1. The Balaban J connectivity index is 1.28. The number of hydrogen-bond acceptors (Lipinski definition) is 5. The van der Waals surface area contributed by atoms with Gasteiger partial charge in [0.2, 0.25) is 0 Å². The number of benzene rings is 3. The normalized spacial score (nSPS) is 11.4. The lowest BCUT2D eigenvalue weighted by molar-refractivity contribution is 0.0956. The number of thioether (sulfide) groups is 1. The van der Waals surface area contributed by atoms with Crippen LogP contribution in [0.4, 0.5) is 0 Å². The SMILES string of the molecule is CC(C)N(C(C)C)P(CCNC(=O)c1ccc(C#Cc2ccc(C#Cc3ccc(SCCc4ccncc4)cc3)cc2)cc1)N(C(C)C)C(C)C. The van der Waals surface area contributed by atoms with Gasteiger partial charge in [-0.05, 0) is 152 Å². The van der Waals surface area contributed by atoms with Crippen LogP contribution in [0.1, 0.15) is 93.6 Å². The summed E-state index contributed by atoms with van der Waals surface area (Å²) in [6.07, 6.45) is 5.63. The van der Waals surface area contributed by atoms with Crippen molar-refractivity contribution in [3.63, 3.8) is 0 Å². The number of amides is 1. The molecule has 0 saturated carbocycles. The van der Waals surface area contributed by atoms with Crippen LogP contribution in [0.5, 0.6) is 0 Å². The molecule has 1 N–H and O–H groups in total. The maximum absolute atomic E-state index is 13.1. The van der Waals surface area contributed by atoms with E-state index >= 15 is 0 Å². The maximum atomic E-state index is 13.1. The van der Waals surface area contributed by atoms with E-state index in [1.807, 2.05) is 72.7 Å². The molecule has 7 heteroatoms. The zero-order chi connectivity index (χ0) is 36.8. The minimum absolute atomic E-state index is 0.0470. The van der Waals surface area contributed by atoms with Gasteiger partial charge in [0.25, 0.3) is 5.91 Å². The molecule has 0 bridgehead atoms. The van der Waals surface area contributed by atoms with Crippen molar-refractivity contribution in [2.45, 2.75) is 90.9 Å². The zero-order valence-corrected chi connectivity index (χ0v) is 33.2. The summed E-state index contributed by atoms with van der Waals surface area (Å²) >= 11 is 1.85. The second-order valence-corrected chi connectivity index (χ2v) is 16.9. The number of aromatic nitrogens is 1. The van der Waals surface area contributed by atoms with Gasteiger partial charge in [0.15, 0.2) is 0 Å². The molecule has 4 rings (SSSR count). The van der Waals surface area contributed by atoms with Crippen LogP contribution in [0.25, 0.3) is 0 Å². The van der Waals surface area contributed by atoms with Gasteiger partial charge in [0.1, 0.15) is 0 Å². The van der Waals surface area contributed by atoms with E-state index in [0.717, 1.165) is 40.6 Å². The Morgan fingerprint density at radius 3 is 1.49 bits per heavy atom. The van der Waals surface area contributed by atoms with Crippen LogP contribution in [0, 0.1) is 23.7 Å². The van der Waals surface area contributed by atoms with Crippen LogP contribution in [0.2, 0.25) is 0 Å². The molecule has 266 valence electrons. The Kier molecular flexibility index (Phi) is 15.8. The number of hydrogen-bond donors (Lipinski definition) is 1. The first-order valence-corrected chi connectivity index (χ1v) is 20.4. The minimum atomic E-state index is -0.577.